The largest absolute Gasteiger partial charge is 0.478 e. The van der Waals surface area contributed by atoms with Crippen LogP contribution in [0.2, 0.25) is 0 Å². The van der Waals surface area contributed by atoms with Crippen molar-refractivity contribution < 1.29 is 14.7 Å². The molecule has 0 atom stereocenters. The van der Waals surface area contributed by atoms with Gasteiger partial charge in [-0.05, 0) is 30.7 Å². The molecule has 0 aliphatic rings. The number of rotatable bonds is 4. The Kier molecular flexibility index (Phi) is 4.75. The van der Waals surface area contributed by atoms with Gasteiger partial charge in [-0.1, -0.05) is 12.1 Å². The fourth-order valence-electron chi connectivity index (χ4n) is 1.18. The summed E-state index contributed by atoms with van der Waals surface area (Å²) in [5, 5.41) is 13.7. The Balaban J connectivity index is 2.62. The van der Waals surface area contributed by atoms with Gasteiger partial charge < -0.3 is 15.7 Å². The third-order valence-corrected chi connectivity index (χ3v) is 1.92. The van der Waals surface area contributed by atoms with Crippen molar-refractivity contribution >= 4 is 23.8 Å². The first-order valence-corrected chi connectivity index (χ1v) is 5.17. The number of carboxylic acids is 1. The van der Waals surface area contributed by atoms with Crippen molar-refractivity contribution in [1.82, 2.24) is 5.32 Å². The lowest BCUT2D eigenvalue weighted by Gasteiger charge is -2.05. The van der Waals surface area contributed by atoms with E-state index in [1.54, 1.807) is 24.3 Å². The predicted octanol–water partition coefficient (Wildman–Crippen LogP) is 1.93. The number of benzene rings is 1. The molecule has 0 spiro atoms. The summed E-state index contributed by atoms with van der Waals surface area (Å²) in [6.07, 6.45) is 2.55. The van der Waals surface area contributed by atoms with Gasteiger partial charge in [-0.15, -0.1) is 0 Å². The Morgan fingerprint density at radius 1 is 1.29 bits per heavy atom. The number of nitrogens with one attached hydrogen (secondary N) is 2. The molecule has 0 bridgehead atoms. The number of aliphatic carboxylic acids is 1. The second kappa shape index (κ2) is 6.32. The summed E-state index contributed by atoms with van der Waals surface area (Å²) < 4.78 is 0. The van der Waals surface area contributed by atoms with Crippen LogP contribution in [0.25, 0.3) is 6.08 Å². The van der Waals surface area contributed by atoms with E-state index in [0.717, 1.165) is 11.6 Å². The Labute approximate surface area is 99.1 Å². The van der Waals surface area contributed by atoms with Crippen LogP contribution in [0.15, 0.2) is 30.3 Å². The number of carboxylic acid groups (broad SMARTS) is 1. The molecule has 0 aliphatic heterocycles. The van der Waals surface area contributed by atoms with Crippen LogP contribution >= 0.6 is 0 Å². The Hall–Kier alpha value is -2.30. The second-order valence-electron chi connectivity index (χ2n) is 3.28. The molecular formula is C12H14N2O3. The van der Waals surface area contributed by atoms with E-state index in [-0.39, 0.29) is 6.03 Å². The highest BCUT2D eigenvalue weighted by atomic mass is 16.4. The number of carbonyl (C=O) groups is 2. The molecule has 1 aromatic rings. The molecule has 0 radical (unpaired) electrons. The van der Waals surface area contributed by atoms with Crippen molar-refractivity contribution in [1.29, 1.82) is 0 Å². The summed E-state index contributed by atoms with van der Waals surface area (Å²) in [5.74, 6) is -0.991. The minimum atomic E-state index is -0.991. The predicted molar refractivity (Wildman–Crippen MR) is 65.8 cm³/mol. The molecule has 2 amide bonds. The Morgan fingerprint density at radius 2 is 1.94 bits per heavy atom. The third-order valence-electron chi connectivity index (χ3n) is 1.92. The highest BCUT2D eigenvalue weighted by Crippen LogP contribution is 2.10. The van der Waals surface area contributed by atoms with Crippen molar-refractivity contribution in [2.45, 2.75) is 6.92 Å². The molecule has 17 heavy (non-hydrogen) atoms. The van der Waals surface area contributed by atoms with Gasteiger partial charge >= 0.3 is 12.0 Å². The van der Waals surface area contributed by atoms with E-state index in [1.807, 2.05) is 6.92 Å². The molecule has 0 aromatic heterocycles. The van der Waals surface area contributed by atoms with Crippen LogP contribution < -0.4 is 10.6 Å². The molecule has 1 rings (SSSR count). The van der Waals surface area contributed by atoms with Gasteiger partial charge in [-0.3, -0.25) is 0 Å². The lowest BCUT2D eigenvalue weighted by atomic mass is 10.2. The average Bonchev–Trinajstić information content (AvgIpc) is 2.28. The standard InChI is InChI=1S/C12H14N2O3/c1-2-13-12(17)14-10-6-3-9(4-7-10)5-8-11(15)16/h3-8H,2H2,1H3,(H,15,16)(H2,13,14,17)/b8-5+. The maximum atomic E-state index is 11.2. The summed E-state index contributed by atoms with van der Waals surface area (Å²) in [5.41, 5.74) is 1.41. The fourth-order valence-corrected chi connectivity index (χ4v) is 1.18. The maximum absolute atomic E-state index is 11.2. The van der Waals surface area contributed by atoms with Crippen molar-refractivity contribution in [3.05, 3.63) is 35.9 Å². The molecule has 0 heterocycles. The SMILES string of the molecule is CCNC(=O)Nc1ccc(/C=C/C(=O)O)cc1. The molecule has 0 fully saturated rings. The molecule has 5 nitrogen and oxygen atoms in total. The van der Waals surface area contributed by atoms with Crippen molar-refractivity contribution in [2.24, 2.45) is 0 Å². The van der Waals surface area contributed by atoms with E-state index in [1.165, 1.54) is 6.08 Å². The molecule has 5 heteroatoms. The van der Waals surface area contributed by atoms with Gasteiger partial charge in [0.2, 0.25) is 0 Å². The molecule has 1 aromatic carbocycles. The van der Waals surface area contributed by atoms with Gasteiger partial charge in [-0.2, -0.15) is 0 Å². The van der Waals surface area contributed by atoms with Gasteiger partial charge in [-0.25, -0.2) is 9.59 Å². The molecule has 0 saturated carbocycles. The van der Waals surface area contributed by atoms with Crippen LogP contribution in [0.3, 0.4) is 0 Å². The highest BCUT2D eigenvalue weighted by molar-refractivity contribution is 5.89. The summed E-state index contributed by atoms with van der Waals surface area (Å²) in [4.78, 5) is 21.5. The fraction of sp³-hybridized carbons (Fsp3) is 0.167. The van der Waals surface area contributed by atoms with E-state index < -0.39 is 5.97 Å². The van der Waals surface area contributed by atoms with Crippen LogP contribution in [0.4, 0.5) is 10.5 Å². The van der Waals surface area contributed by atoms with Crippen LogP contribution in [0.5, 0.6) is 0 Å². The van der Waals surface area contributed by atoms with Crippen LogP contribution in [0, 0.1) is 0 Å². The van der Waals surface area contributed by atoms with Gasteiger partial charge in [0, 0.05) is 18.3 Å². The molecule has 0 aliphatic carbocycles. The molecule has 0 unspecified atom stereocenters. The summed E-state index contributed by atoms with van der Waals surface area (Å²) in [6.45, 7) is 2.39. The van der Waals surface area contributed by atoms with Crippen LogP contribution in [0.1, 0.15) is 12.5 Å². The van der Waals surface area contributed by atoms with E-state index >= 15 is 0 Å². The highest BCUT2D eigenvalue weighted by Gasteiger charge is 1.98. The minimum Gasteiger partial charge on any atom is -0.478 e. The first kappa shape index (κ1) is 12.8. The minimum absolute atomic E-state index is 0.263. The van der Waals surface area contributed by atoms with E-state index in [9.17, 15) is 9.59 Å². The number of hydrogen-bond donors (Lipinski definition) is 3. The van der Waals surface area contributed by atoms with Gasteiger partial charge in [0.15, 0.2) is 0 Å². The zero-order chi connectivity index (χ0) is 12.7. The monoisotopic (exact) mass is 234 g/mol. The summed E-state index contributed by atoms with van der Waals surface area (Å²) in [6, 6.07) is 6.59. The number of anilines is 1. The Morgan fingerprint density at radius 3 is 2.47 bits per heavy atom. The molecule has 0 saturated heterocycles. The first-order chi connectivity index (χ1) is 8.11. The number of hydrogen-bond acceptors (Lipinski definition) is 2. The summed E-state index contributed by atoms with van der Waals surface area (Å²) >= 11 is 0. The quantitative estimate of drug-likeness (QED) is 0.696. The third kappa shape index (κ3) is 4.83. The van der Waals surface area contributed by atoms with Crippen molar-refractivity contribution in [3.8, 4) is 0 Å². The average molecular weight is 234 g/mol. The Bertz CT molecular complexity index is 424. The second-order valence-corrected chi connectivity index (χ2v) is 3.28. The van der Waals surface area contributed by atoms with E-state index in [0.29, 0.717) is 12.2 Å². The normalized spacial score (nSPS) is 10.2. The molecule has 90 valence electrons. The molecule has 3 N–H and O–H groups in total. The lowest BCUT2D eigenvalue weighted by Crippen LogP contribution is -2.28. The first-order valence-electron chi connectivity index (χ1n) is 5.17. The maximum Gasteiger partial charge on any atom is 0.328 e. The summed E-state index contributed by atoms with van der Waals surface area (Å²) in [7, 11) is 0. The lowest BCUT2D eigenvalue weighted by molar-refractivity contribution is -0.131. The smallest absolute Gasteiger partial charge is 0.328 e. The zero-order valence-corrected chi connectivity index (χ0v) is 9.43. The van der Waals surface area contributed by atoms with E-state index in [4.69, 9.17) is 5.11 Å². The van der Waals surface area contributed by atoms with Crippen molar-refractivity contribution in [2.75, 3.05) is 11.9 Å². The number of carbonyl (C=O) groups excluding carboxylic acids is 1. The topological polar surface area (TPSA) is 78.4 Å². The van der Waals surface area contributed by atoms with Gasteiger partial charge in [0.25, 0.3) is 0 Å². The number of urea groups is 1. The van der Waals surface area contributed by atoms with Crippen molar-refractivity contribution in [3.63, 3.8) is 0 Å². The van der Waals surface area contributed by atoms with Crippen LogP contribution in [-0.4, -0.2) is 23.7 Å². The van der Waals surface area contributed by atoms with Gasteiger partial charge in [0.05, 0.1) is 0 Å². The van der Waals surface area contributed by atoms with E-state index in [2.05, 4.69) is 10.6 Å². The number of amides is 2. The zero-order valence-electron chi connectivity index (χ0n) is 9.43. The van der Waals surface area contributed by atoms with Gasteiger partial charge in [0.1, 0.15) is 0 Å². The molecular weight excluding hydrogens is 220 g/mol. The van der Waals surface area contributed by atoms with Crippen LogP contribution in [-0.2, 0) is 4.79 Å².